The van der Waals surface area contributed by atoms with E-state index in [4.69, 9.17) is 0 Å². The molecule has 0 unspecified atom stereocenters. The van der Waals surface area contributed by atoms with Gasteiger partial charge in [-0.2, -0.15) is 9.61 Å². The average Bonchev–Trinajstić information content (AvgIpc) is 3.15. The molecule has 0 amide bonds. The molecule has 10 heteroatoms. The van der Waals surface area contributed by atoms with Crippen LogP contribution in [0.5, 0.6) is 0 Å². The Hall–Kier alpha value is -2.33. The lowest BCUT2D eigenvalue weighted by Crippen LogP contribution is -1.91. The van der Waals surface area contributed by atoms with Crippen molar-refractivity contribution >= 4 is 27.8 Å². The number of aryl methyl sites for hydroxylation is 1. The van der Waals surface area contributed by atoms with Crippen molar-refractivity contribution in [2.24, 2.45) is 0 Å². The summed E-state index contributed by atoms with van der Waals surface area (Å²) in [6.45, 7) is 1.88. The van der Waals surface area contributed by atoms with E-state index >= 15 is 0 Å². The molecule has 4 aromatic rings. The van der Waals surface area contributed by atoms with Crippen molar-refractivity contribution in [1.82, 2.24) is 39.4 Å². The molecular formula is C10H6N8S2. The van der Waals surface area contributed by atoms with Crippen LogP contribution in [0, 0.1) is 6.92 Å². The lowest BCUT2D eigenvalue weighted by Gasteiger charge is -1.92. The molecule has 4 heterocycles. The van der Waals surface area contributed by atoms with Crippen molar-refractivity contribution in [2.45, 2.75) is 6.92 Å². The third-order valence-electron chi connectivity index (χ3n) is 2.63. The van der Waals surface area contributed by atoms with E-state index in [1.54, 1.807) is 23.1 Å². The zero-order valence-corrected chi connectivity index (χ0v) is 11.8. The van der Waals surface area contributed by atoms with Gasteiger partial charge in [-0.3, -0.25) is 9.97 Å². The molecule has 0 N–H and O–H groups in total. The lowest BCUT2D eigenvalue weighted by atomic mass is 10.4. The molecule has 0 radical (unpaired) electrons. The molecule has 4 aromatic heterocycles. The summed E-state index contributed by atoms with van der Waals surface area (Å²) in [7, 11) is 0. The maximum absolute atomic E-state index is 4.50. The fourth-order valence-corrected chi connectivity index (χ4v) is 3.14. The first-order valence-electron chi connectivity index (χ1n) is 5.61. The zero-order valence-electron chi connectivity index (χ0n) is 10.1. The van der Waals surface area contributed by atoms with Gasteiger partial charge in [0.25, 0.3) is 0 Å². The van der Waals surface area contributed by atoms with Gasteiger partial charge in [0.15, 0.2) is 10.8 Å². The minimum absolute atomic E-state index is 0.652. The van der Waals surface area contributed by atoms with E-state index in [1.807, 2.05) is 6.92 Å². The maximum Gasteiger partial charge on any atom is 0.235 e. The second-order valence-corrected chi connectivity index (χ2v) is 5.61. The predicted octanol–water partition coefficient (Wildman–Crippen LogP) is 1.47. The highest BCUT2D eigenvalue weighted by Crippen LogP contribution is 2.28. The molecule has 0 fully saturated rings. The van der Waals surface area contributed by atoms with E-state index in [-0.39, 0.29) is 0 Å². The number of hydrogen-bond acceptors (Lipinski definition) is 9. The van der Waals surface area contributed by atoms with Crippen molar-refractivity contribution in [3.63, 3.8) is 0 Å². The SMILES string of the molecule is Cc1nnsc1-c1nnc2sc(-c3cnccn3)nn12. The summed E-state index contributed by atoms with van der Waals surface area (Å²) in [5, 5.41) is 17.5. The molecule has 4 rings (SSSR count). The van der Waals surface area contributed by atoms with E-state index in [2.05, 4.69) is 34.9 Å². The zero-order chi connectivity index (χ0) is 13.5. The normalized spacial score (nSPS) is 11.2. The van der Waals surface area contributed by atoms with Crippen LogP contribution in [0.2, 0.25) is 0 Å². The molecule has 0 spiro atoms. The van der Waals surface area contributed by atoms with Crippen molar-refractivity contribution in [2.75, 3.05) is 0 Å². The Bertz CT molecular complexity index is 877. The van der Waals surface area contributed by atoms with Gasteiger partial charge in [-0.25, -0.2) is 0 Å². The summed E-state index contributed by atoms with van der Waals surface area (Å²) in [5.41, 5.74) is 1.53. The number of hydrogen-bond donors (Lipinski definition) is 0. The van der Waals surface area contributed by atoms with Crippen LogP contribution in [0.25, 0.3) is 26.4 Å². The quantitative estimate of drug-likeness (QED) is 0.553. The summed E-state index contributed by atoms with van der Waals surface area (Å²) in [4.78, 5) is 9.85. The van der Waals surface area contributed by atoms with Gasteiger partial charge in [-0.05, 0) is 18.5 Å². The van der Waals surface area contributed by atoms with Gasteiger partial charge in [-0.15, -0.1) is 15.3 Å². The number of fused-ring (bicyclic) bond motifs is 1. The Morgan fingerprint density at radius 3 is 2.85 bits per heavy atom. The standard InChI is InChI=1S/C10H6N8S2/c1-5-7(20-17-13-5)8-14-15-10-18(8)16-9(19-10)6-4-11-2-3-12-6/h2-4H,1H3. The highest BCUT2D eigenvalue weighted by Gasteiger charge is 2.18. The minimum Gasteiger partial charge on any atom is -0.261 e. The molecule has 0 saturated heterocycles. The molecule has 0 aliphatic carbocycles. The number of rotatable bonds is 2. The van der Waals surface area contributed by atoms with E-state index in [0.29, 0.717) is 16.5 Å². The summed E-state index contributed by atoms with van der Waals surface area (Å²) in [6, 6.07) is 0. The van der Waals surface area contributed by atoms with Crippen LogP contribution in [0.1, 0.15) is 5.69 Å². The Morgan fingerprint density at radius 2 is 2.10 bits per heavy atom. The van der Waals surface area contributed by atoms with Gasteiger partial charge in [0.2, 0.25) is 4.96 Å². The second kappa shape index (κ2) is 4.35. The van der Waals surface area contributed by atoms with E-state index in [1.165, 1.54) is 22.9 Å². The van der Waals surface area contributed by atoms with Crippen molar-refractivity contribution in [1.29, 1.82) is 0 Å². The fraction of sp³-hybridized carbons (Fsp3) is 0.100. The molecule has 8 nitrogen and oxygen atoms in total. The molecular weight excluding hydrogens is 296 g/mol. The van der Waals surface area contributed by atoms with Crippen LogP contribution in [0.15, 0.2) is 18.6 Å². The van der Waals surface area contributed by atoms with E-state index < -0.39 is 0 Å². The second-order valence-electron chi connectivity index (χ2n) is 3.90. The van der Waals surface area contributed by atoms with Crippen LogP contribution >= 0.6 is 22.9 Å². The molecule has 0 aliphatic heterocycles. The van der Waals surface area contributed by atoms with Crippen LogP contribution in [-0.4, -0.2) is 39.4 Å². The monoisotopic (exact) mass is 302 g/mol. The van der Waals surface area contributed by atoms with E-state index in [0.717, 1.165) is 15.6 Å². The molecule has 0 saturated carbocycles. The van der Waals surface area contributed by atoms with Crippen LogP contribution in [0.3, 0.4) is 0 Å². The fourth-order valence-electron chi connectivity index (χ4n) is 1.71. The molecule has 0 aromatic carbocycles. The first-order chi connectivity index (χ1) is 9.83. The number of aromatic nitrogens is 8. The topological polar surface area (TPSA) is 94.6 Å². The average molecular weight is 302 g/mol. The van der Waals surface area contributed by atoms with Gasteiger partial charge in [0, 0.05) is 12.4 Å². The van der Waals surface area contributed by atoms with Crippen LogP contribution in [0.4, 0.5) is 0 Å². The van der Waals surface area contributed by atoms with Crippen molar-refractivity contribution in [3.05, 3.63) is 24.3 Å². The smallest absolute Gasteiger partial charge is 0.235 e. The lowest BCUT2D eigenvalue weighted by molar-refractivity contribution is 0.964. The van der Waals surface area contributed by atoms with Crippen LogP contribution in [-0.2, 0) is 0 Å². The van der Waals surface area contributed by atoms with Crippen molar-refractivity contribution < 1.29 is 0 Å². The maximum atomic E-state index is 4.50. The Kier molecular flexibility index (Phi) is 2.50. The molecule has 0 bridgehead atoms. The molecule has 98 valence electrons. The summed E-state index contributed by atoms with van der Waals surface area (Å²) in [6.07, 6.45) is 4.93. The van der Waals surface area contributed by atoms with Gasteiger partial charge in [-0.1, -0.05) is 15.8 Å². The first kappa shape index (κ1) is 11.5. The Labute approximate surface area is 120 Å². The molecule has 20 heavy (non-hydrogen) atoms. The Morgan fingerprint density at radius 1 is 1.15 bits per heavy atom. The Balaban J connectivity index is 1.90. The highest BCUT2D eigenvalue weighted by molar-refractivity contribution is 7.19. The molecule has 0 atom stereocenters. The largest absolute Gasteiger partial charge is 0.261 e. The van der Waals surface area contributed by atoms with E-state index in [9.17, 15) is 0 Å². The third-order valence-corrected chi connectivity index (χ3v) is 4.37. The highest BCUT2D eigenvalue weighted by atomic mass is 32.1. The van der Waals surface area contributed by atoms with Gasteiger partial charge in [0.1, 0.15) is 10.6 Å². The summed E-state index contributed by atoms with van der Waals surface area (Å²) in [5.74, 6) is 0.652. The van der Waals surface area contributed by atoms with Crippen molar-refractivity contribution in [3.8, 4) is 21.4 Å². The van der Waals surface area contributed by atoms with Crippen LogP contribution < -0.4 is 0 Å². The summed E-state index contributed by atoms with van der Waals surface area (Å²) >= 11 is 2.69. The minimum atomic E-state index is 0.652. The predicted molar refractivity (Wildman–Crippen MR) is 73.3 cm³/mol. The van der Waals surface area contributed by atoms with Gasteiger partial charge in [0.05, 0.1) is 11.9 Å². The first-order valence-corrected chi connectivity index (χ1v) is 7.20. The number of nitrogens with zero attached hydrogens (tertiary/aromatic N) is 8. The summed E-state index contributed by atoms with van der Waals surface area (Å²) < 4.78 is 5.60. The molecule has 0 aliphatic rings. The van der Waals surface area contributed by atoms with Gasteiger partial charge >= 0.3 is 0 Å². The third kappa shape index (κ3) is 1.69. The van der Waals surface area contributed by atoms with Gasteiger partial charge < -0.3 is 0 Å².